The van der Waals surface area contributed by atoms with Gasteiger partial charge in [0.15, 0.2) is 11.5 Å². The van der Waals surface area contributed by atoms with Crippen LogP contribution < -0.4 is 14.8 Å². The summed E-state index contributed by atoms with van der Waals surface area (Å²) in [6, 6.07) is 13.3. The number of hydrogen-bond donors (Lipinski definition) is 1. The van der Waals surface area contributed by atoms with Crippen molar-refractivity contribution in [2.24, 2.45) is 0 Å². The van der Waals surface area contributed by atoms with E-state index in [9.17, 15) is 4.79 Å². The number of likely N-dealkylation sites (tertiary alicyclic amines) is 1. The second kappa shape index (κ2) is 8.80. The Labute approximate surface area is 161 Å². The molecule has 3 rings (SSSR count). The number of carbonyl (C=O) groups excluding carboxylic acids is 1. The lowest BCUT2D eigenvalue weighted by molar-refractivity contribution is -0.133. The molecule has 1 atom stereocenters. The summed E-state index contributed by atoms with van der Waals surface area (Å²) in [5.74, 6) is 1.44. The summed E-state index contributed by atoms with van der Waals surface area (Å²) in [6.07, 6.45) is 3.34. The van der Waals surface area contributed by atoms with Crippen LogP contribution in [0.1, 0.15) is 36.4 Å². The summed E-state index contributed by atoms with van der Waals surface area (Å²) < 4.78 is 10.8. The molecule has 0 aromatic heterocycles. The van der Waals surface area contributed by atoms with Gasteiger partial charge in [-0.1, -0.05) is 30.3 Å². The van der Waals surface area contributed by atoms with Gasteiger partial charge in [0, 0.05) is 24.8 Å². The van der Waals surface area contributed by atoms with E-state index in [-0.39, 0.29) is 5.91 Å². The molecule has 2 aromatic rings. The molecule has 2 aromatic carbocycles. The molecule has 27 heavy (non-hydrogen) atoms. The van der Waals surface area contributed by atoms with Crippen LogP contribution >= 0.6 is 0 Å². The van der Waals surface area contributed by atoms with Crippen molar-refractivity contribution in [1.82, 2.24) is 4.90 Å². The maximum atomic E-state index is 13.3. The van der Waals surface area contributed by atoms with E-state index in [2.05, 4.69) is 5.32 Å². The van der Waals surface area contributed by atoms with Crippen molar-refractivity contribution in [1.29, 1.82) is 0 Å². The number of nitrogens with one attached hydrogen (secondary N) is 1. The van der Waals surface area contributed by atoms with Gasteiger partial charge in [-0.15, -0.1) is 0 Å². The van der Waals surface area contributed by atoms with Crippen LogP contribution in [0.15, 0.2) is 42.5 Å². The molecule has 1 heterocycles. The second-order valence-electron chi connectivity index (χ2n) is 6.90. The maximum Gasteiger partial charge on any atom is 0.249 e. The molecular weight excluding hydrogens is 340 g/mol. The van der Waals surface area contributed by atoms with Crippen LogP contribution in [0.3, 0.4) is 0 Å². The first kappa shape index (κ1) is 19.1. The minimum atomic E-state index is -0.430. The van der Waals surface area contributed by atoms with Crippen LogP contribution in [0.2, 0.25) is 0 Å². The molecule has 1 N–H and O–H groups in total. The van der Waals surface area contributed by atoms with Gasteiger partial charge in [-0.3, -0.25) is 4.79 Å². The molecule has 0 aliphatic carbocycles. The number of benzene rings is 2. The Kier molecular flexibility index (Phi) is 6.22. The number of rotatable bonds is 6. The number of ether oxygens (including phenoxy) is 2. The van der Waals surface area contributed by atoms with Gasteiger partial charge in [-0.25, -0.2) is 0 Å². The number of nitrogens with zero attached hydrogens (tertiary/aromatic N) is 1. The van der Waals surface area contributed by atoms with E-state index in [0.717, 1.165) is 42.7 Å². The van der Waals surface area contributed by atoms with E-state index in [1.807, 2.05) is 54.3 Å². The molecular formula is C22H28N2O3. The van der Waals surface area contributed by atoms with Gasteiger partial charge in [-0.2, -0.15) is 0 Å². The van der Waals surface area contributed by atoms with E-state index in [1.165, 1.54) is 6.42 Å². The average Bonchev–Trinajstić information content (AvgIpc) is 2.73. The Morgan fingerprint density at radius 3 is 2.26 bits per heavy atom. The fraction of sp³-hybridized carbons (Fsp3) is 0.409. The van der Waals surface area contributed by atoms with Gasteiger partial charge in [0.1, 0.15) is 6.04 Å². The van der Waals surface area contributed by atoms with Crippen LogP contribution in [0, 0.1) is 6.92 Å². The van der Waals surface area contributed by atoms with E-state index < -0.39 is 6.04 Å². The molecule has 1 fully saturated rings. The third-order valence-corrected chi connectivity index (χ3v) is 5.08. The van der Waals surface area contributed by atoms with Crippen molar-refractivity contribution in [3.05, 3.63) is 53.6 Å². The highest BCUT2D eigenvalue weighted by molar-refractivity contribution is 5.86. The highest BCUT2D eigenvalue weighted by Gasteiger charge is 2.27. The molecule has 0 radical (unpaired) electrons. The first-order valence-corrected chi connectivity index (χ1v) is 9.47. The number of anilines is 1. The van der Waals surface area contributed by atoms with Crippen molar-refractivity contribution in [2.75, 3.05) is 32.6 Å². The third-order valence-electron chi connectivity index (χ3n) is 5.08. The minimum absolute atomic E-state index is 0.120. The lowest BCUT2D eigenvalue weighted by Gasteiger charge is -2.31. The Bertz CT molecular complexity index is 771. The van der Waals surface area contributed by atoms with E-state index in [4.69, 9.17) is 9.47 Å². The third kappa shape index (κ3) is 4.35. The molecule has 0 spiro atoms. The Morgan fingerprint density at radius 2 is 1.63 bits per heavy atom. The highest BCUT2D eigenvalue weighted by atomic mass is 16.5. The minimum Gasteiger partial charge on any atom is -0.493 e. The smallest absolute Gasteiger partial charge is 0.249 e. The van der Waals surface area contributed by atoms with Crippen molar-refractivity contribution >= 4 is 11.6 Å². The second-order valence-corrected chi connectivity index (χ2v) is 6.90. The molecule has 1 saturated heterocycles. The molecule has 0 bridgehead atoms. The van der Waals surface area contributed by atoms with Gasteiger partial charge in [0.25, 0.3) is 0 Å². The van der Waals surface area contributed by atoms with Crippen LogP contribution in [0.5, 0.6) is 11.5 Å². The first-order chi connectivity index (χ1) is 13.1. The SMILES string of the molecule is COc1cc(C)c(N[C@H](C(=O)N2CCCCC2)c2ccccc2)cc1OC. The van der Waals surface area contributed by atoms with Gasteiger partial charge in [0.05, 0.1) is 14.2 Å². The summed E-state index contributed by atoms with van der Waals surface area (Å²) >= 11 is 0. The van der Waals surface area contributed by atoms with Crippen molar-refractivity contribution < 1.29 is 14.3 Å². The van der Waals surface area contributed by atoms with Crippen molar-refractivity contribution in [3.63, 3.8) is 0 Å². The van der Waals surface area contributed by atoms with E-state index >= 15 is 0 Å². The van der Waals surface area contributed by atoms with E-state index in [0.29, 0.717) is 11.5 Å². The molecule has 1 amide bonds. The lowest BCUT2D eigenvalue weighted by atomic mass is 10.0. The summed E-state index contributed by atoms with van der Waals surface area (Å²) in [5.41, 5.74) is 2.83. The maximum absolute atomic E-state index is 13.3. The largest absolute Gasteiger partial charge is 0.493 e. The first-order valence-electron chi connectivity index (χ1n) is 9.47. The number of methoxy groups -OCH3 is 2. The van der Waals surface area contributed by atoms with Gasteiger partial charge in [-0.05, 0) is 43.4 Å². The summed E-state index contributed by atoms with van der Waals surface area (Å²) in [4.78, 5) is 15.3. The Balaban J connectivity index is 1.93. The summed E-state index contributed by atoms with van der Waals surface area (Å²) in [5, 5.41) is 3.46. The number of amides is 1. The standard InChI is InChI=1S/C22H28N2O3/c1-16-14-19(26-2)20(27-3)15-18(16)23-21(17-10-6-4-7-11-17)22(25)24-12-8-5-9-13-24/h4,6-7,10-11,14-15,21,23H,5,8-9,12-13H2,1-3H3/t21-/m0/s1. The summed E-state index contributed by atoms with van der Waals surface area (Å²) in [7, 11) is 3.24. The van der Waals surface area contributed by atoms with E-state index in [1.54, 1.807) is 14.2 Å². The van der Waals surface area contributed by atoms with Crippen molar-refractivity contribution in [2.45, 2.75) is 32.2 Å². The topological polar surface area (TPSA) is 50.8 Å². The molecule has 144 valence electrons. The average molecular weight is 368 g/mol. The molecule has 0 saturated carbocycles. The number of carbonyl (C=O) groups is 1. The molecule has 0 unspecified atom stereocenters. The van der Waals surface area contributed by atoms with Crippen molar-refractivity contribution in [3.8, 4) is 11.5 Å². The monoisotopic (exact) mass is 368 g/mol. The Morgan fingerprint density at radius 1 is 1.00 bits per heavy atom. The predicted molar refractivity (Wildman–Crippen MR) is 108 cm³/mol. The van der Waals surface area contributed by atoms with Crippen LogP contribution in [-0.2, 0) is 4.79 Å². The van der Waals surface area contributed by atoms with Gasteiger partial charge >= 0.3 is 0 Å². The number of hydrogen-bond acceptors (Lipinski definition) is 4. The molecule has 5 heteroatoms. The summed E-state index contributed by atoms with van der Waals surface area (Å²) in [6.45, 7) is 3.65. The fourth-order valence-electron chi connectivity index (χ4n) is 3.52. The Hall–Kier alpha value is -2.69. The lowest BCUT2D eigenvalue weighted by Crippen LogP contribution is -2.41. The normalized spacial score (nSPS) is 15.1. The molecule has 1 aliphatic heterocycles. The number of aryl methyl sites for hydroxylation is 1. The highest BCUT2D eigenvalue weighted by Crippen LogP contribution is 2.35. The zero-order chi connectivity index (χ0) is 19.2. The zero-order valence-electron chi connectivity index (χ0n) is 16.3. The quantitative estimate of drug-likeness (QED) is 0.831. The van der Waals surface area contributed by atoms with Crippen LogP contribution in [0.25, 0.3) is 0 Å². The molecule has 1 aliphatic rings. The van der Waals surface area contributed by atoms with Gasteiger partial charge < -0.3 is 19.7 Å². The zero-order valence-corrected chi connectivity index (χ0v) is 16.3. The number of piperidine rings is 1. The molecule has 5 nitrogen and oxygen atoms in total. The van der Waals surface area contributed by atoms with Crippen LogP contribution in [-0.4, -0.2) is 38.1 Å². The fourth-order valence-corrected chi connectivity index (χ4v) is 3.52. The predicted octanol–water partition coefficient (Wildman–Crippen LogP) is 4.18. The van der Waals surface area contributed by atoms with Crippen LogP contribution in [0.4, 0.5) is 5.69 Å². The van der Waals surface area contributed by atoms with Gasteiger partial charge in [0.2, 0.25) is 5.91 Å².